The quantitative estimate of drug-likeness (QED) is 0.879. The number of nitrogens with one attached hydrogen (secondary N) is 1. The Morgan fingerprint density at radius 1 is 1.37 bits per heavy atom. The first kappa shape index (κ1) is 13.0. The van der Waals surface area contributed by atoms with E-state index in [0.717, 1.165) is 37.8 Å². The number of hydrogen-bond donors (Lipinski definition) is 1. The third-order valence-corrected chi connectivity index (χ3v) is 4.04. The largest absolute Gasteiger partial charge is 0.380 e. The van der Waals surface area contributed by atoms with Gasteiger partial charge >= 0.3 is 0 Å². The number of methoxy groups -OCH3 is 1. The molecule has 104 valence electrons. The van der Waals surface area contributed by atoms with Crippen LogP contribution in [0.2, 0.25) is 0 Å². The molecular weight excluding hydrogens is 240 g/mol. The highest BCUT2D eigenvalue weighted by Gasteiger charge is 2.25. The first-order valence-corrected chi connectivity index (χ1v) is 7.15. The summed E-state index contributed by atoms with van der Waals surface area (Å²) in [6.07, 6.45) is 5.89. The van der Waals surface area contributed by atoms with Gasteiger partial charge in [0.1, 0.15) is 0 Å². The highest BCUT2D eigenvalue weighted by atomic mass is 16.5. The van der Waals surface area contributed by atoms with Gasteiger partial charge in [-0.15, -0.1) is 0 Å². The second-order valence-electron chi connectivity index (χ2n) is 5.48. The van der Waals surface area contributed by atoms with E-state index in [1.165, 1.54) is 18.4 Å². The molecular formula is C15H22N2O2. The monoisotopic (exact) mass is 262 g/mol. The SMILES string of the molecule is COC1CCOCC1NCc1ccc(C2CC2)cn1. The fourth-order valence-corrected chi connectivity index (χ4v) is 2.63. The van der Waals surface area contributed by atoms with Crippen LogP contribution < -0.4 is 5.32 Å². The number of nitrogens with zero attached hydrogens (tertiary/aromatic N) is 1. The van der Waals surface area contributed by atoms with Gasteiger partial charge in [0, 0.05) is 26.5 Å². The molecule has 2 fully saturated rings. The van der Waals surface area contributed by atoms with E-state index in [9.17, 15) is 0 Å². The molecule has 1 aliphatic carbocycles. The standard InChI is InChI=1S/C15H22N2O2/c1-18-15-6-7-19-10-14(15)17-9-13-5-4-12(8-16-13)11-2-3-11/h4-5,8,11,14-15,17H,2-3,6-7,9-10H2,1H3. The Morgan fingerprint density at radius 2 is 2.26 bits per heavy atom. The van der Waals surface area contributed by atoms with Gasteiger partial charge in [-0.2, -0.15) is 0 Å². The van der Waals surface area contributed by atoms with E-state index in [1.54, 1.807) is 7.11 Å². The van der Waals surface area contributed by atoms with Crippen LogP contribution in [0.15, 0.2) is 18.3 Å². The summed E-state index contributed by atoms with van der Waals surface area (Å²) >= 11 is 0. The number of ether oxygens (including phenoxy) is 2. The molecule has 1 N–H and O–H groups in total. The van der Waals surface area contributed by atoms with Gasteiger partial charge < -0.3 is 14.8 Å². The molecule has 0 spiro atoms. The molecule has 1 saturated heterocycles. The van der Waals surface area contributed by atoms with E-state index in [4.69, 9.17) is 9.47 Å². The first-order valence-electron chi connectivity index (χ1n) is 7.15. The van der Waals surface area contributed by atoms with Crippen molar-refractivity contribution in [3.8, 4) is 0 Å². The van der Waals surface area contributed by atoms with Crippen molar-refractivity contribution in [1.82, 2.24) is 10.3 Å². The molecule has 0 amide bonds. The van der Waals surface area contributed by atoms with Crippen molar-refractivity contribution in [2.24, 2.45) is 0 Å². The summed E-state index contributed by atoms with van der Waals surface area (Å²) in [6.45, 7) is 2.29. The van der Waals surface area contributed by atoms with E-state index in [0.29, 0.717) is 0 Å². The van der Waals surface area contributed by atoms with Gasteiger partial charge in [-0.3, -0.25) is 4.98 Å². The molecule has 1 saturated carbocycles. The Hall–Kier alpha value is -0.970. The highest BCUT2D eigenvalue weighted by molar-refractivity contribution is 5.22. The van der Waals surface area contributed by atoms with E-state index in [2.05, 4.69) is 22.4 Å². The fourth-order valence-electron chi connectivity index (χ4n) is 2.63. The van der Waals surface area contributed by atoms with Crippen molar-refractivity contribution in [1.29, 1.82) is 0 Å². The molecule has 19 heavy (non-hydrogen) atoms. The lowest BCUT2D eigenvalue weighted by Crippen LogP contribution is -2.47. The predicted octanol–water partition coefficient (Wildman–Crippen LogP) is 1.85. The molecule has 0 bridgehead atoms. The zero-order chi connectivity index (χ0) is 13.1. The number of rotatable bonds is 5. The molecule has 2 aliphatic rings. The third kappa shape index (κ3) is 3.32. The predicted molar refractivity (Wildman–Crippen MR) is 73.1 cm³/mol. The summed E-state index contributed by atoms with van der Waals surface area (Å²) in [4.78, 5) is 4.53. The van der Waals surface area contributed by atoms with Gasteiger partial charge in [0.25, 0.3) is 0 Å². The van der Waals surface area contributed by atoms with E-state index in [1.807, 2.05) is 6.20 Å². The fraction of sp³-hybridized carbons (Fsp3) is 0.667. The van der Waals surface area contributed by atoms with Gasteiger partial charge in [0.2, 0.25) is 0 Å². The molecule has 4 heteroatoms. The van der Waals surface area contributed by atoms with Gasteiger partial charge in [0.05, 0.1) is 24.4 Å². The molecule has 0 aromatic carbocycles. The minimum absolute atomic E-state index is 0.250. The maximum Gasteiger partial charge on any atom is 0.0768 e. The smallest absolute Gasteiger partial charge is 0.0768 e. The molecule has 0 radical (unpaired) electrons. The van der Waals surface area contributed by atoms with Gasteiger partial charge in [0.15, 0.2) is 0 Å². The molecule has 1 aromatic heterocycles. The van der Waals surface area contributed by atoms with Crippen molar-refractivity contribution < 1.29 is 9.47 Å². The lowest BCUT2D eigenvalue weighted by Gasteiger charge is -2.31. The summed E-state index contributed by atoms with van der Waals surface area (Å²) < 4.78 is 11.0. The maximum absolute atomic E-state index is 5.50. The Balaban J connectivity index is 1.52. The minimum atomic E-state index is 0.250. The molecule has 1 aliphatic heterocycles. The Bertz CT molecular complexity index is 403. The highest BCUT2D eigenvalue weighted by Crippen LogP contribution is 2.39. The lowest BCUT2D eigenvalue weighted by molar-refractivity contribution is -0.0374. The van der Waals surface area contributed by atoms with Crippen molar-refractivity contribution in [3.05, 3.63) is 29.6 Å². The van der Waals surface area contributed by atoms with Crippen molar-refractivity contribution in [2.45, 2.75) is 43.9 Å². The summed E-state index contributed by atoms with van der Waals surface area (Å²) in [5.41, 5.74) is 2.48. The summed E-state index contributed by atoms with van der Waals surface area (Å²) in [7, 11) is 1.77. The Morgan fingerprint density at radius 3 is 2.95 bits per heavy atom. The molecule has 1 aromatic rings. The zero-order valence-electron chi connectivity index (χ0n) is 11.5. The second kappa shape index (κ2) is 5.99. The topological polar surface area (TPSA) is 43.4 Å². The molecule has 2 heterocycles. The second-order valence-corrected chi connectivity index (χ2v) is 5.48. The van der Waals surface area contributed by atoms with Crippen molar-refractivity contribution in [3.63, 3.8) is 0 Å². The maximum atomic E-state index is 5.50. The third-order valence-electron chi connectivity index (χ3n) is 4.04. The molecule has 4 nitrogen and oxygen atoms in total. The number of hydrogen-bond acceptors (Lipinski definition) is 4. The Labute approximate surface area is 114 Å². The molecule has 2 unspecified atom stereocenters. The summed E-state index contributed by atoms with van der Waals surface area (Å²) in [5.74, 6) is 0.777. The summed E-state index contributed by atoms with van der Waals surface area (Å²) in [5, 5.41) is 3.49. The van der Waals surface area contributed by atoms with Crippen molar-refractivity contribution >= 4 is 0 Å². The molecule has 3 rings (SSSR count). The zero-order valence-corrected chi connectivity index (χ0v) is 11.5. The van der Waals surface area contributed by atoms with Crippen LogP contribution in [0.3, 0.4) is 0 Å². The summed E-state index contributed by atoms with van der Waals surface area (Å²) in [6, 6.07) is 4.61. The van der Waals surface area contributed by atoms with Gasteiger partial charge in [-0.25, -0.2) is 0 Å². The van der Waals surface area contributed by atoms with Crippen LogP contribution in [0.4, 0.5) is 0 Å². The van der Waals surface area contributed by atoms with Crippen LogP contribution in [0.1, 0.15) is 36.4 Å². The average Bonchev–Trinajstić information content (AvgIpc) is 3.30. The normalized spacial score (nSPS) is 27.4. The average molecular weight is 262 g/mol. The van der Waals surface area contributed by atoms with Crippen LogP contribution in [-0.2, 0) is 16.0 Å². The number of pyridine rings is 1. The first-order chi connectivity index (χ1) is 9.36. The minimum Gasteiger partial charge on any atom is -0.380 e. The number of aromatic nitrogens is 1. The van der Waals surface area contributed by atoms with Gasteiger partial charge in [-0.05, 0) is 36.8 Å². The van der Waals surface area contributed by atoms with E-state index < -0.39 is 0 Å². The van der Waals surface area contributed by atoms with E-state index in [-0.39, 0.29) is 12.1 Å². The lowest BCUT2D eigenvalue weighted by atomic mass is 10.1. The van der Waals surface area contributed by atoms with Crippen LogP contribution in [-0.4, -0.2) is 37.5 Å². The van der Waals surface area contributed by atoms with Crippen molar-refractivity contribution in [2.75, 3.05) is 20.3 Å². The van der Waals surface area contributed by atoms with Crippen LogP contribution in [0.25, 0.3) is 0 Å². The van der Waals surface area contributed by atoms with E-state index >= 15 is 0 Å². The molecule has 2 atom stereocenters. The van der Waals surface area contributed by atoms with Crippen LogP contribution >= 0.6 is 0 Å². The van der Waals surface area contributed by atoms with Crippen LogP contribution in [0.5, 0.6) is 0 Å². The Kier molecular flexibility index (Phi) is 4.11. The van der Waals surface area contributed by atoms with Gasteiger partial charge in [-0.1, -0.05) is 6.07 Å². The van der Waals surface area contributed by atoms with Crippen LogP contribution in [0, 0.1) is 0 Å².